The molecule has 6 heteroatoms. The first kappa shape index (κ1) is 59.6. The Morgan fingerprint density at radius 2 is 0.635 bits per heavy atom. The van der Waals surface area contributed by atoms with E-state index < -0.39 is 6.10 Å². The van der Waals surface area contributed by atoms with Crippen molar-refractivity contribution in [3.8, 4) is 0 Å². The monoisotopic (exact) mass is 877 g/mol. The first-order chi connectivity index (χ1) is 31.0. The van der Waals surface area contributed by atoms with Crippen LogP contribution in [-0.4, -0.2) is 37.2 Å². The number of hydrogen-bond acceptors (Lipinski definition) is 6. The van der Waals surface area contributed by atoms with Crippen LogP contribution in [0.5, 0.6) is 0 Å². The van der Waals surface area contributed by atoms with E-state index in [1.807, 2.05) is 0 Å². The second-order valence-electron chi connectivity index (χ2n) is 17.0. The van der Waals surface area contributed by atoms with Gasteiger partial charge in [0.1, 0.15) is 13.2 Å². The standard InChI is InChI=1S/C57H96O6/c1-4-7-10-13-16-19-22-24-25-26-27-28-29-30-31-33-35-38-41-44-47-50-56(59)62-53-54(52-61-55(58)49-46-43-40-37-34-21-18-15-12-9-6-3)63-57(60)51-48-45-42-39-36-32-23-20-17-14-11-8-5-2/h8,11,15,17-18,20,22,24,26-27,29-30,32,36,54H,4-7,9-10,12-14,16,19,21,23,25,28,31,33-35,37-53H2,1-3H3/b11-8-,18-15-,20-17-,24-22-,27-26-,30-29-,36-32-. The Kier molecular flexibility index (Phi) is 48.5. The summed E-state index contributed by atoms with van der Waals surface area (Å²) in [6.45, 7) is 6.42. The summed E-state index contributed by atoms with van der Waals surface area (Å²) in [5, 5.41) is 0. The van der Waals surface area contributed by atoms with Crippen molar-refractivity contribution in [1.29, 1.82) is 0 Å². The highest BCUT2D eigenvalue weighted by atomic mass is 16.6. The summed E-state index contributed by atoms with van der Waals surface area (Å²) in [6.07, 6.45) is 65.7. The fourth-order valence-electron chi connectivity index (χ4n) is 6.91. The van der Waals surface area contributed by atoms with Gasteiger partial charge in [0.2, 0.25) is 0 Å². The Bertz CT molecular complexity index is 1240. The summed E-state index contributed by atoms with van der Waals surface area (Å²) in [5.74, 6) is -0.952. The van der Waals surface area contributed by atoms with Gasteiger partial charge in [-0.1, -0.05) is 196 Å². The van der Waals surface area contributed by atoms with E-state index in [1.54, 1.807) is 0 Å². The van der Waals surface area contributed by atoms with Gasteiger partial charge in [-0.15, -0.1) is 0 Å². The maximum atomic E-state index is 12.8. The lowest BCUT2D eigenvalue weighted by Gasteiger charge is -2.18. The molecule has 63 heavy (non-hydrogen) atoms. The molecule has 360 valence electrons. The third kappa shape index (κ3) is 49.5. The van der Waals surface area contributed by atoms with E-state index in [9.17, 15) is 14.4 Å². The quantitative estimate of drug-likeness (QED) is 0.0262. The smallest absolute Gasteiger partial charge is 0.306 e. The zero-order valence-corrected chi connectivity index (χ0v) is 41.1. The van der Waals surface area contributed by atoms with Gasteiger partial charge in [0.25, 0.3) is 0 Å². The molecule has 0 aromatic heterocycles. The minimum absolute atomic E-state index is 0.0980. The van der Waals surface area contributed by atoms with Gasteiger partial charge in [-0.25, -0.2) is 0 Å². The minimum atomic E-state index is -0.800. The van der Waals surface area contributed by atoms with Crippen molar-refractivity contribution in [3.05, 3.63) is 85.1 Å². The van der Waals surface area contributed by atoms with Crippen molar-refractivity contribution >= 4 is 17.9 Å². The van der Waals surface area contributed by atoms with Crippen molar-refractivity contribution in [3.63, 3.8) is 0 Å². The third-order valence-corrected chi connectivity index (χ3v) is 10.9. The lowest BCUT2D eigenvalue weighted by molar-refractivity contribution is -0.167. The molecule has 0 aliphatic heterocycles. The molecule has 0 aromatic rings. The van der Waals surface area contributed by atoms with Crippen LogP contribution in [0.3, 0.4) is 0 Å². The van der Waals surface area contributed by atoms with E-state index in [2.05, 4.69) is 106 Å². The Morgan fingerprint density at radius 3 is 1.05 bits per heavy atom. The highest BCUT2D eigenvalue weighted by Crippen LogP contribution is 2.13. The van der Waals surface area contributed by atoms with Crippen LogP contribution in [0.15, 0.2) is 85.1 Å². The van der Waals surface area contributed by atoms with Gasteiger partial charge in [-0.3, -0.25) is 14.4 Å². The Labute approximate surface area is 388 Å². The molecule has 1 unspecified atom stereocenters. The van der Waals surface area contributed by atoms with Crippen molar-refractivity contribution in [2.24, 2.45) is 0 Å². The summed E-state index contributed by atoms with van der Waals surface area (Å²) >= 11 is 0. The molecule has 0 radical (unpaired) electrons. The minimum Gasteiger partial charge on any atom is -0.462 e. The SMILES string of the molecule is CC/C=C\C/C=C\C/C=C\CCCCCC(=O)OC(COC(=O)CCCCCCC/C=C\CCCC)COC(=O)CCCCCCCC/C=C\C/C=C\C/C=C\CCCCCCC. The molecule has 6 nitrogen and oxygen atoms in total. The first-order valence-corrected chi connectivity index (χ1v) is 26.1. The molecule has 0 aromatic carbocycles. The highest BCUT2D eigenvalue weighted by molar-refractivity contribution is 5.71. The molecule has 0 amide bonds. The number of allylic oxidation sites excluding steroid dienone is 14. The average Bonchev–Trinajstić information content (AvgIpc) is 3.28. The number of rotatable bonds is 46. The molecule has 0 N–H and O–H groups in total. The summed E-state index contributed by atoms with van der Waals surface area (Å²) in [5.41, 5.74) is 0. The molecule has 0 rings (SSSR count). The molecule has 0 aliphatic rings. The molecule has 0 aliphatic carbocycles. The van der Waals surface area contributed by atoms with Gasteiger partial charge in [0.05, 0.1) is 0 Å². The van der Waals surface area contributed by atoms with Crippen LogP contribution in [-0.2, 0) is 28.6 Å². The van der Waals surface area contributed by atoms with Gasteiger partial charge < -0.3 is 14.2 Å². The zero-order valence-electron chi connectivity index (χ0n) is 41.1. The number of hydrogen-bond donors (Lipinski definition) is 0. The number of carbonyl (C=O) groups is 3. The molecule has 1 atom stereocenters. The molecule has 0 spiro atoms. The van der Waals surface area contributed by atoms with Gasteiger partial charge in [0, 0.05) is 19.3 Å². The lowest BCUT2D eigenvalue weighted by Crippen LogP contribution is -2.30. The maximum Gasteiger partial charge on any atom is 0.306 e. The summed E-state index contributed by atoms with van der Waals surface area (Å²) in [7, 11) is 0. The van der Waals surface area contributed by atoms with Gasteiger partial charge in [-0.2, -0.15) is 0 Å². The second-order valence-corrected chi connectivity index (χ2v) is 17.0. The summed E-state index contributed by atoms with van der Waals surface area (Å²) in [6, 6.07) is 0. The molecule has 0 fully saturated rings. The average molecular weight is 877 g/mol. The molecular formula is C57H96O6. The number of esters is 3. The molecular weight excluding hydrogens is 781 g/mol. The zero-order chi connectivity index (χ0) is 45.8. The second kappa shape index (κ2) is 51.2. The normalized spacial score (nSPS) is 12.7. The van der Waals surface area contributed by atoms with Crippen LogP contribution in [0.25, 0.3) is 0 Å². The fraction of sp³-hybridized carbons (Fsp3) is 0.702. The molecule has 0 bridgehead atoms. The number of ether oxygens (including phenoxy) is 3. The number of carbonyl (C=O) groups excluding carboxylic acids is 3. The van der Waals surface area contributed by atoms with E-state index >= 15 is 0 Å². The summed E-state index contributed by atoms with van der Waals surface area (Å²) in [4.78, 5) is 37.9. The van der Waals surface area contributed by atoms with Gasteiger partial charge in [0.15, 0.2) is 6.10 Å². The van der Waals surface area contributed by atoms with Crippen LogP contribution in [0.1, 0.15) is 239 Å². The lowest BCUT2D eigenvalue weighted by atomic mass is 10.1. The van der Waals surface area contributed by atoms with Crippen molar-refractivity contribution in [2.75, 3.05) is 13.2 Å². The third-order valence-electron chi connectivity index (χ3n) is 10.9. The van der Waals surface area contributed by atoms with E-state index in [0.717, 1.165) is 116 Å². The van der Waals surface area contributed by atoms with Gasteiger partial charge >= 0.3 is 17.9 Å². The van der Waals surface area contributed by atoms with E-state index in [1.165, 1.54) is 83.5 Å². The summed E-state index contributed by atoms with van der Waals surface area (Å²) < 4.78 is 16.7. The van der Waals surface area contributed by atoms with Gasteiger partial charge in [-0.05, 0) is 109 Å². The van der Waals surface area contributed by atoms with Crippen LogP contribution in [0.2, 0.25) is 0 Å². The molecule has 0 heterocycles. The van der Waals surface area contributed by atoms with Crippen molar-refractivity contribution in [1.82, 2.24) is 0 Å². The molecule has 0 saturated carbocycles. The number of unbranched alkanes of at least 4 members (excludes halogenated alkanes) is 21. The largest absolute Gasteiger partial charge is 0.462 e. The Morgan fingerprint density at radius 1 is 0.333 bits per heavy atom. The van der Waals surface area contributed by atoms with Crippen LogP contribution in [0.4, 0.5) is 0 Å². The van der Waals surface area contributed by atoms with Crippen molar-refractivity contribution < 1.29 is 28.6 Å². The molecule has 0 saturated heterocycles. The topological polar surface area (TPSA) is 78.9 Å². The highest BCUT2D eigenvalue weighted by Gasteiger charge is 2.19. The van der Waals surface area contributed by atoms with E-state index in [0.29, 0.717) is 12.8 Å². The maximum absolute atomic E-state index is 12.8. The first-order valence-electron chi connectivity index (χ1n) is 26.1. The van der Waals surface area contributed by atoms with E-state index in [4.69, 9.17) is 14.2 Å². The predicted molar refractivity (Wildman–Crippen MR) is 270 cm³/mol. The van der Waals surface area contributed by atoms with Crippen molar-refractivity contribution in [2.45, 2.75) is 245 Å². The van der Waals surface area contributed by atoms with Crippen LogP contribution >= 0.6 is 0 Å². The predicted octanol–water partition coefficient (Wildman–Crippen LogP) is 17.2. The van der Waals surface area contributed by atoms with E-state index in [-0.39, 0.29) is 37.5 Å². The van der Waals surface area contributed by atoms with Crippen LogP contribution < -0.4 is 0 Å². The Balaban J connectivity index is 4.39. The fourth-order valence-corrected chi connectivity index (χ4v) is 6.91. The Hall–Kier alpha value is -3.41. The van der Waals surface area contributed by atoms with Crippen LogP contribution in [0, 0.1) is 0 Å².